The van der Waals surface area contributed by atoms with Crippen LogP contribution in [0.4, 0.5) is 11.4 Å². The van der Waals surface area contributed by atoms with Crippen LogP contribution in [0.2, 0.25) is 10.0 Å². The maximum Gasteiger partial charge on any atom is 0.274 e. The van der Waals surface area contributed by atoms with Gasteiger partial charge in [-0.2, -0.15) is 0 Å². The molecule has 1 aromatic carbocycles. The number of nitrogens with one attached hydrogen (secondary N) is 2. The molecular formula is C13H10BrCl2N3O. The van der Waals surface area contributed by atoms with Crippen LogP contribution >= 0.6 is 39.1 Å². The van der Waals surface area contributed by atoms with E-state index in [9.17, 15) is 4.79 Å². The Labute approximate surface area is 134 Å². The van der Waals surface area contributed by atoms with Gasteiger partial charge in [0.15, 0.2) is 0 Å². The molecule has 0 radical (unpaired) electrons. The van der Waals surface area contributed by atoms with Gasteiger partial charge in [0.05, 0.1) is 27.6 Å². The molecule has 0 unspecified atom stereocenters. The normalized spacial score (nSPS) is 10.2. The lowest BCUT2D eigenvalue weighted by atomic mass is 10.3. The molecular weight excluding hydrogens is 365 g/mol. The first-order chi connectivity index (χ1) is 9.52. The minimum absolute atomic E-state index is 0.279. The minimum atomic E-state index is -0.354. The number of pyridine rings is 1. The molecule has 0 fully saturated rings. The van der Waals surface area contributed by atoms with Crippen molar-refractivity contribution in [2.75, 3.05) is 17.7 Å². The van der Waals surface area contributed by atoms with Crippen molar-refractivity contribution in [3.63, 3.8) is 0 Å². The summed E-state index contributed by atoms with van der Waals surface area (Å²) in [7, 11) is 1.78. The SMILES string of the molecule is CNc1ccc(C(=O)Nc2ccc(Br)c(Cl)c2Cl)nc1. The summed E-state index contributed by atoms with van der Waals surface area (Å²) >= 11 is 15.3. The summed E-state index contributed by atoms with van der Waals surface area (Å²) in [6.07, 6.45) is 1.57. The van der Waals surface area contributed by atoms with Crippen molar-refractivity contribution in [1.82, 2.24) is 4.98 Å². The highest BCUT2D eigenvalue weighted by molar-refractivity contribution is 9.10. The highest BCUT2D eigenvalue weighted by atomic mass is 79.9. The van der Waals surface area contributed by atoms with Crippen molar-refractivity contribution in [1.29, 1.82) is 0 Å². The molecule has 2 rings (SSSR count). The first-order valence-electron chi connectivity index (χ1n) is 5.61. The molecule has 20 heavy (non-hydrogen) atoms. The van der Waals surface area contributed by atoms with Crippen molar-refractivity contribution in [2.24, 2.45) is 0 Å². The zero-order chi connectivity index (χ0) is 14.7. The van der Waals surface area contributed by atoms with E-state index in [4.69, 9.17) is 23.2 Å². The van der Waals surface area contributed by atoms with Gasteiger partial charge in [0.2, 0.25) is 0 Å². The standard InChI is InChI=1S/C13H10BrCl2N3O/c1-17-7-2-4-10(18-6-7)13(20)19-9-5-3-8(14)11(15)12(9)16/h2-6,17H,1H3,(H,19,20). The van der Waals surface area contributed by atoms with Gasteiger partial charge in [-0.05, 0) is 40.2 Å². The van der Waals surface area contributed by atoms with Crippen molar-refractivity contribution >= 4 is 56.4 Å². The lowest BCUT2D eigenvalue weighted by molar-refractivity contribution is 0.102. The van der Waals surface area contributed by atoms with Gasteiger partial charge in [-0.25, -0.2) is 4.98 Å². The van der Waals surface area contributed by atoms with E-state index in [-0.39, 0.29) is 10.9 Å². The van der Waals surface area contributed by atoms with E-state index in [1.807, 2.05) is 0 Å². The molecule has 0 saturated heterocycles. The Bertz CT molecular complexity index is 647. The average molecular weight is 375 g/mol. The third-order valence-corrected chi connectivity index (χ3v) is 4.34. The van der Waals surface area contributed by atoms with Gasteiger partial charge >= 0.3 is 0 Å². The van der Waals surface area contributed by atoms with Crippen LogP contribution in [0.3, 0.4) is 0 Å². The van der Waals surface area contributed by atoms with Gasteiger partial charge in [-0.1, -0.05) is 23.2 Å². The van der Waals surface area contributed by atoms with Crippen LogP contribution in [0, 0.1) is 0 Å². The van der Waals surface area contributed by atoms with Crippen molar-refractivity contribution in [2.45, 2.75) is 0 Å². The fourth-order valence-electron chi connectivity index (χ4n) is 1.48. The fraction of sp³-hybridized carbons (Fsp3) is 0.0769. The van der Waals surface area contributed by atoms with Gasteiger partial charge in [0.1, 0.15) is 5.69 Å². The molecule has 4 nitrogen and oxygen atoms in total. The first-order valence-corrected chi connectivity index (χ1v) is 7.16. The molecule has 1 amide bonds. The highest BCUT2D eigenvalue weighted by Gasteiger charge is 2.13. The fourth-order valence-corrected chi connectivity index (χ4v) is 2.31. The Morgan fingerprint density at radius 2 is 1.95 bits per heavy atom. The van der Waals surface area contributed by atoms with E-state index >= 15 is 0 Å². The summed E-state index contributed by atoms with van der Waals surface area (Å²) in [5, 5.41) is 6.23. The largest absolute Gasteiger partial charge is 0.387 e. The topological polar surface area (TPSA) is 54.0 Å². The molecule has 0 bridgehead atoms. The number of carbonyl (C=O) groups is 1. The predicted octanol–water partition coefficient (Wildman–Crippen LogP) is 4.44. The van der Waals surface area contributed by atoms with Crippen LogP contribution in [0.25, 0.3) is 0 Å². The average Bonchev–Trinajstić information content (AvgIpc) is 2.48. The Morgan fingerprint density at radius 1 is 1.20 bits per heavy atom. The molecule has 2 N–H and O–H groups in total. The third kappa shape index (κ3) is 3.23. The number of benzene rings is 1. The lowest BCUT2D eigenvalue weighted by Gasteiger charge is -2.09. The second-order valence-electron chi connectivity index (χ2n) is 3.86. The van der Waals surface area contributed by atoms with E-state index in [2.05, 4.69) is 31.5 Å². The molecule has 104 valence electrons. The third-order valence-electron chi connectivity index (χ3n) is 2.57. The van der Waals surface area contributed by atoms with E-state index in [0.29, 0.717) is 20.9 Å². The van der Waals surface area contributed by atoms with E-state index in [0.717, 1.165) is 5.69 Å². The number of aromatic nitrogens is 1. The highest BCUT2D eigenvalue weighted by Crippen LogP contribution is 2.35. The number of hydrogen-bond acceptors (Lipinski definition) is 3. The molecule has 7 heteroatoms. The molecule has 0 spiro atoms. The molecule has 0 aliphatic carbocycles. The zero-order valence-electron chi connectivity index (χ0n) is 10.4. The van der Waals surface area contributed by atoms with Gasteiger partial charge in [-0.15, -0.1) is 0 Å². The van der Waals surface area contributed by atoms with E-state index < -0.39 is 0 Å². The number of rotatable bonds is 3. The Hall–Kier alpha value is -1.30. The second-order valence-corrected chi connectivity index (χ2v) is 5.47. The predicted molar refractivity (Wildman–Crippen MR) is 85.9 cm³/mol. The van der Waals surface area contributed by atoms with Crippen molar-refractivity contribution < 1.29 is 4.79 Å². The van der Waals surface area contributed by atoms with Crippen LogP contribution in [0.15, 0.2) is 34.9 Å². The summed E-state index contributed by atoms with van der Waals surface area (Å²) in [4.78, 5) is 16.1. The van der Waals surface area contributed by atoms with Gasteiger partial charge in [-0.3, -0.25) is 4.79 Å². The lowest BCUT2D eigenvalue weighted by Crippen LogP contribution is -2.14. The minimum Gasteiger partial charge on any atom is -0.387 e. The van der Waals surface area contributed by atoms with Gasteiger partial charge in [0.25, 0.3) is 5.91 Å². The maximum absolute atomic E-state index is 12.1. The number of amides is 1. The summed E-state index contributed by atoms with van der Waals surface area (Å²) in [5.74, 6) is -0.354. The van der Waals surface area contributed by atoms with Crippen LogP contribution in [-0.4, -0.2) is 17.9 Å². The summed E-state index contributed by atoms with van der Waals surface area (Å²) in [6.45, 7) is 0. The van der Waals surface area contributed by atoms with E-state index in [1.54, 1.807) is 37.5 Å². The van der Waals surface area contributed by atoms with Crippen LogP contribution < -0.4 is 10.6 Å². The van der Waals surface area contributed by atoms with Crippen molar-refractivity contribution in [3.05, 3.63) is 50.7 Å². The maximum atomic E-state index is 12.1. The Balaban J connectivity index is 2.21. The molecule has 1 aromatic heterocycles. The van der Waals surface area contributed by atoms with E-state index in [1.165, 1.54) is 0 Å². The van der Waals surface area contributed by atoms with Gasteiger partial charge < -0.3 is 10.6 Å². The number of hydrogen-bond donors (Lipinski definition) is 2. The molecule has 0 atom stereocenters. The first kappa shape index (κ1) is 15.1. The monoisotopic (exact) mass is 373 g/mol. The summed E-state index contributed by atoms with van der Waals surface area (Å²) in [5.41, 5.74) is 1.55. The molecule has 0 aliphatic rings. The number of nitrogens with zero attached hydrogens (tertiary/aromatic N) is 1. The number of anilines is 2. The van der Waals surface area contributed by atoms with Crippen LogP contribution in [0.5, 0.6) is 0 Å². The van der Waals surface area contributed by atoms with Crippen LogP contribution in [-0.2, 0) is 0 Å². The smallest absolute Gasteiger partial charge is 0.274 e. The summed E-state index contributed by atoms with van der Waals surface area (Å²) in [6, 6.07) is 6.76. The Morgan fingerprint density at radius 3 is 2.55 bits per heavy atom. The summed E-state index contributed by atoms with van der Waals surface area (Å²) < 4.78 is 0.665. The molecule has 0 saturated carbocycles. The molecule has 2 aromatic rings. The number of halogens is 3. The second kappa shape index (κ2) is 6.43. The zero-order valence-corrected chi connectivity index (χ0v) is 13.5. The molecule has 0 aliphatic heterocycles. The quantitative estimate of drug-likeness (QED) is 0.780. The van der Waals surface area contributed by atoms with Gasteiger partial charge in [0, 0.05) is 11.5 Å². The van der Waals surface area contributed by atoms with Crippen molar-refractivity contribution in [3.8, 4) is 0 Å². The van der Waals surface area contributed by atoms with Crippen LogP contribution in [0.1, 0.15) is 10.5 Å². The Kier molecular flexibility index (Phi) is 4.86. The molecule has 1 heterocycles. The number of carbonyl (C=O) groups excluding carboxylic acids is 1.